The van der Waals surface area contributed by atoms with Crippen LogP contribution in [-0.2, 0) is 19.8 Å². The van der Waals surface area contributed by atoms with Crippen molar-refractivity contribution in [1.29, 1.82) is 0 Å². The molecule has 0 amide bonds. The number of hydrogen-bond acceptors (Lipinski definition) is 8. The Bertz CT molecular complexity index is 1350. The fraction of sp³-hybridized carbons (Fsp3) is 0.400. The summed E-state index contributed by atoms with van der Waals surface area (Å²) in [6.07, 6.45) is 1.93. The van der Waals surface area contributed by atoms with Crippen LogP contribution in [-0.4, -0.2) is 66.4 Å². The van der Waals surface area contributed by atoms with Gasteiger partial charge in [-0.05, 0) is 31.5 Å². The van der Waals surface area contributed by atoms with Crippen LogP contribution in [0, 0.1) is 13.8 Å². The molecule has 0 saturated carbocycles. The van der Waals surface area contributed by atoms with Gasteiger partial charge in [0.25, 0.3) is 5.95 Å². The summed E-state index contributed by atoms with van der Waals surface area (Å²) in [5.74, 6) is 1.50. The number of aromatic nitrogens is 4. The molecule has 0 aliphatic carbocycles. The molecule has 4 aromatic rings. The average Bonchev–Trinajstić information content (AvgIpc) is 3.45. The standard InChI is InChI=1S/C25H27N5O3S/c1-16-5-4-6-18(13-16)19-7-8-30(28-19)24-26-20-17(2)22(25(31-3)14-33-15-25)34-21(20)23(27-24)29-9-11-32-12-10-29/h4-8,13H,9-12,14-15H2,1-3H3. The largest absolute Gasteiger partial charge is 0.378 e. The summed E-state index contributed by atoms with van der Waals surface area (Å²) < 4.78 is 19.9. The van der Waals surface area contributed by atoms with Crippen molar-refractivity contribution >= 4 is 27.4 Å². The predicted octanol–water partition coefficient (Wildman–Crippen LogP) is 3.87. The van der Waals surface area contributed by atoms with Crippen LogP contribution in [0.5, 0.6) is 0 Å². The topological polar surface area (TPSA) is 74.5 Å². The van der Waals surface area contributed by atoms with E-state index in [-0.39, 0.29) is 0 Å². The predicted molar refractivity (Wildman–Crippen MR) is 132 cm³/mol. The third-order valence-corrected chi connectivity index (χ3v) is 8.09. The van der Waals surface area contributed by atoms with E-state index in [9.17, 15) is 0 Å². The summed E-state index contributed by atoms with van der Waals surface area (Å²) in [6, 6.07) is 10.4. The van der Waals surface area contributed by atoms with Crippen molar-refractivity contribution in [3.63, 3.8) is 0 Å². The van der Waals surface area contributed by atoms with E-state index in [1.807, 2.05) is 12.3 Å². The van der Waals surface area contributed by atoms with Gasteiger partial charge in [0.15, 0.2) is 5.82 Å². The van der Waals surface area contributed by atoms with Gasteiger partial charge >= 0.3 is 0 Å². The Morgan fingerprint density at radius 3 is 2.59 bits per heavy atom. The number of methoxy groups -OCH3 is 1. The lowest BCUT2D eigenvalue weighted by molar-refractivity contribution is -0.200. The Morgan fingerprint density at radius 2 is 1.88 bits per heavy atom. The Balaban J connectivity index is 1.49. The van der Waals surface area contributed by atoms with E-state index in [1.165, 1.54) is 5.56 Å². The zero-order valence-corrected chi connectivity index (χ0v) is 20.4. The van der Waals surface area contributed by atoms with Crippen molar-refractivity contribution in [3.8, 4) is 17.2 Å². The lowest BCUT2D eigenvalue weighted by Crippen LogP contribution is -2.48. The van der Waals surface area contributed by atoms with Gasteiger partial charge in [0.2, 0.25) is 0 Å². The summed E-state index contributed by atoms with van der Waals surface area (Å²) in [5.41, 5.74) is 4.84. The van der Waals surface area contributed by atoms with Gasteiger partial charge in [0.1, 0.15) is 5.60 Å². The summed E-state index contributed by atoms with van der Waals surface area (Å²) in [7, 11) is 1.75. The lowest BCUT2D eigenvalue weighted by atomic mass is 9.96. The van der Waals surface area contributed by atoms with Crippen LogP contribution in [0.25, 0.3) is 27.4 Å². The highest BCUT2D eigenvalue weighted by Crippen LogP contribution is 2.45. The molecule has 0 radical (unpaired) electrons. The number of aryl methyl sites for hydroxylation is 2. The fourth-order valence-electron chi connectivity index (χ4n) is 4.61. The third kappa shape index (κ3) is 3.51. The molecular weight excluding hydrogens is 450 g/mol. The second-order valence-electron chi connectivity index (χ2n) is 8.89. The number of anilines is 1. The summed E-state index contributed by atoms with van der Waals surface area (Å²) in [6.45, 7) is 8.29. The molecule has 0 N–H and O–H groups in total. The number of rotatable bonds is 5. The van der Waals surface area contributed by atoms with Crippen LogP contribution < -0.4 is 4.90 Å². The molecule has 6 rings (SSSR count). The average molecular weight is 478 g/mol. The molecule has 8 nitrogen and oxygen atoms in total. The van der Waals surface area contributed by atoms with E-state index in [2.05, 4.69) is 43.0 Å². The van der Waals surface area contributed by atoms with Gasteiger partial charge < -0.3 is 19.1 Å². The zero-order chi connectivity index (χ0) is 23.3. The molecule has 3 aromatic heterocycles. The number of thiophene rings is 1. The van der Waals surface area contributed by atoms with Gasteiger partial charge in [-0.2, -0.15) is 10.1 Å². The van der Waals surface area contributed by atoms with Crippen LogP contribution in [0.1, 0.15) is 16.0 Å². The van der Waals surface area contributed by atoms with Crippen molar-refractivity contribution in [2.45, 2.75) is 19.4 Å². The van der Waals surface area contributed by atoms with Gasteiger partial charge in [-0.25, -0.2) is 9.67 Å². The maximum Gasteiger partial charge on any atom is 0.253 e. The van der Waals surface area contributed by atoms with E-state index in [4.69, 9.17) is 29.3 Å². The monoisotopic (exact) mass is 477 g/mol. The van der Waals surface area contributed by atoms with Crippen molar-refractivity contribution in [2.24, 2.45) is 0 Å². The Morgan fingerprint density at radius 1 is 1.06 bits per heavy atom. The number of ether oxygens (including phenoxy) is 3. The normalized spacial score (nSPS) is 17.8. The van der Waals surface area contributed by atoms with Crippen LogP contribution >= 0.6 is 11.3 Å². The second kappa shape index (κ2) is 8.42. The van der Waals surface area contributed by atoms with E-state index in [0.717, 1.165) is 50.8 Å². The van der Waals surface area contributed by atoms with Gasteiger partial charge in [-0.1, -0.05) is 23.8 Å². The first-order chi connectivity index (χ1) is 16.6. The Hall–Kier alpha value is -2.85. The minimum Gasteiger partial charge on any atom is -0.378 e. The van der Waals surface area contributed by atoms with Crippen molar-refractivity contribution in [1.82, 2.24) is 19.7 Å². The van der Waals surface area contributed by atoms with Crippen LogP contribution in [0.2, 0.25) is 0 Å². The molecular formula is C25H27N5O3S. The second-order valence-corrected chi connectivity index (χ2v) is 9.91. The molecule has 9 heteroatoms. The highest BCUT2D eigenvalue weighted by atomic mass is 32.1. The SMILES string of the molecule is COC1(c2sc3c(N4CCOCC4)nc(-n4ccc(-c5cccc(C)c5)n4)nc3c2C)COC1. The molecule has 2 fully saturated rings. The molecule has 176 valence electrons. The maximum atomic E-state index is 5.92. The first-order valence-corrected chi connectivity index (χ1v) is 12.3. The first kappa shape index (κ1) is 21.7. The molecule has 2 saturated heterocycles. The number of fused-ring (bicyclic) bond motifs is 1. The molecule has 0 atom stereocenters. The van der Waals surface area contributed by atoms with Crippen LogP contribution in [0.3, 0.4) is 0 Å². The highest BCUT2D eigenvalue weighted by molar-refractivity contribution is 7.20. The maximum absolute atomic E-state index is 5.92. The van der Waals surface area contributed by atoms with Gasteiger partial charge in [0.05, 0.1) is 42.3 Å². The minimum absolute atomic E-state index is 0.401. The van der Waals surface area contributed by atoms with E-state index < -0.39 is 5.60 Å². The third-order valence-electron chi connectivity index (χ3n) is 6.63. The molecule has 0 spiro atoms. The summed E-state index contributed by atoms with van der Waals surface area (Å²) in [4.78, 5) is 13.5. The van der Waals surface area contributed by atoms with Crippen molar-refractivity contribution < 1.29 is 14.2 Å². The Labute approximate surface area is 202 Å². The zero-order valence-electron chi connectivity index (χ0n) is 19.6. The lowest BCUT2D eigenvalue weighted by Gasteiger charge is -2.39. The number of benzene rings is 1. The fourth-order valence-corrected chi connectivity index (χ4v) is 6.01. The smallest absolute Gasteiger partial charge is 0.253 e. The quantitative estimate of drug-likeness (QED) is 0.432. The molecule has 2 aliphatic heterocycles. The summed E-state index contributed by atoms with van der Waals surface area (Å²) in [5, 5.41) is 4.82. The van der Waals surface area contributed by atoms with E-state index in [1.54, 1.807) is 23.1 Å². The summed E-state index contributed by atoms with van der Waals surface area (Å²) >= 11 is 1.72. The molecule has 1 aromatic carbocycles. The van der Waals surface area contributed by atoms with Crippen LogP contribution in [0.15, 0.2) is 36.5 Å². The van der Waals surface area contributed by atoms with Crippen molar-refractivity contribution in [2.75, 3.05) is 51.5 Å². The van der Waals surface area contributed by atoms with E-state index in [0.29, 0.717) is 32.4 Å². The highest BCUT2D eigenvalue weighted by Gasteiger charge is 2.44. The number of hydrogen-bond donors (Lipinski definition) is 0. The van der Waals surface area contributed by atoms with Crippen molar-refractivity contribution in [3.05, 3.63) is 52.5 Å². The van der Waals surface area contributed by atoms with Gasteiger partial charge in [-0.15, -0.1) is 11.3 Å². The molecule has 5 heterocycles. The van der Waals surface area contributed by atoms with Gasteiger partial charge in [0, 0.05) is 36.8 Å². The van der Waals surface area contributed by atoms with Crippen LogP contribution in [0.4, 0.5) is 5.82 Å². The van der Waals surface area contributed by atoms with E-state index >= 15 is 0 Å². The molecule has 0 bridgehead atoms. The van der Waals surface area contributed by atoms with Gasteiger partial charge in [-0.3, -0.25) is 0 Å². The number of morpholine rings is 1. The molecule has 2 aliphatic rings. The minimum atomic E-state index is -0.401. The molecule has 0 unspecified atom stereocenters. The molecule has 34 heavy (non-hydrogen) atoms. The first-order valence-electron chi connectivity index (χ1n) is 11.5. The number of nitrogens with zero attached hydrogens (tertiary/aromatic N) is 5. The Kier molecular flexibility index (Phi) is 5.37.